The number of benzene rings is 1. The van der Waals surface area contributed by atoms with Crippen LogP contribution in [0.25, 0.3) is 0 Å². The minimum atomic E-state index is -4.32. The molecule has 1 aliphatic rings. The summed E-state index contributed by atoms with van der Waals surface area (Å²) in [5.74, 6) is 0. The quantitative estimate of drug-likeness (QED) is 0.878. The van der Waals surface area contributed by atoms with E-state index in [9.17, 15) is 13.2 Å². The summed E-state index contributed by atoms with van der Waals surface area (Å²) in [6.07, 6.45) is -1.95. The molecule has 2 aromatic rings. The highest BCUT2D eigenvalue weighted by Crippen LogP contribution is 2.34. The molecule has 0 bridgehead atoms. The number of fused-ring (bicyclic) bond motifs is 1. The van der Waals surface area contributed by atoms with Crippen molar-refractivity contribution in [1.29, 1.82) is 0 Å². The fourth-order valence-corrected chi connectivity index (χ4v) is 2.55. The molecule has 1 aliphatic heterocycles. The van der Waals surface area contributed by atoms with Crippen molar-refractivity contribution in [3.05, 3.63) is 53.9 Å². The lowest BCUT2D eigenvalue weighted by molar-refractivity contribution is -0.137. The molecule has 1 aromatic carbocycles. The number of nitrogens with two attached hydrogens (primary N) is 1. The van der Waals surface area contributed by atoms with Crippen molar-refractivity contribution in [2.75, 3.05) is 11.4 Å². The van der Waals surface area contributed by atoms with Gasteiger partial charge in [0.25, 0.3) is 0 Å². The molecular formula is C15H14F3N3. The normalized spacial score (nSPS) is 18.5. The summed E-state index contributed by atoms with van der Waals surface area (Å²) in [5, 5.41) is 0. The third-order valence-corrected chi connectivity index (χ3v) is 3.54. The number of pyridine rings is 1. The first kappa shape index (κ1) is 13.9. The van der Waals surface area contributed by atoms with Crippen molar-refractivity contribution in [3.63, 3.8) is 0 Å². The maximum Gasteiger partial charge on any atom is 0.416 e. The molecule has 3 nitrogen and oxygen atoms in total. The maximum absolute atomic E-state index is 12.6. The minimum absolute atomic E-state index is 0.0882. The molecule has 3 rings (SSSR count). The Hall–Kier alpha value is -2.08. The second-order valence-electron chi connectivity index (χ2n) is 5.09. The number of rotatable bonds is 1. The summed E-state index contributed by atoms with van der Waals surface area (Å²) >= 11 is 0. The van der Waals surface area contributed by atoms with E-state index in [1.54, 1.807) is 6.20 Å². The molecule has 1 atom stereocenters. The van der Waals surface area contributed by atoms with Crippen LogP contribution in [0, 0.1) is 0 Å². The summed E-state index contributed by atoms with van der Waals surface area (Å²) in [6.45, 7) is 0.560. The average Bonchev–Trinajstić information content (AvgIpc) is 2.45. The van der Waals surface area contributed by atoms with Crippen molar-refractivity contribution in [3.8, 4) is 0 Å². The standard InChI is InChI=1S/C15H14F3N3/c16-15(17,18)10-3-5-12(6-4-10)21-9-11(19)8-13-14(21)2-1-7-20-13/h1-7,11H,8-9,19H2. The highest BCUT2D eigenvalue weighted by atomic mass is 19.4. The second-order valence-corrected chi connectivity index (χ2v) is 5.09. The third kappa shape index (κ3) is 2.71. The fourth-order valence-electron chi connectivity index (χ4n) is 2.55. The van der Waals surface area contributed by atoms with Crippen LogP contribution in [0.1, 0.15) is 11.3 Å². The molecule has 6 heteroatoms. The predicted molar refractivity (Wildman–Crippen MR) is 74.4 cm³/mol. The summed E-state index contributed by atoms with van der Waals surface area (Å²) in [7, 11) is 0. The van der Waals surface area contributed by atoms with E-state index in [1.807, 2.05) is 17.0 Å². The van der Waals surface area contributed by atoms with Crippen LogP contribution in [-0.4, -0.2) is 17.6 Å². The molecule has 110 valence electrons. The Kier molecular flexibility index (Phi) is 3.33. The van der Waals surface area contributed by atoms with E-state index in [-0.39, 0.29) is 6.04 Å². The van der Waals surface area contributed by atoms with Crippen molar-refractivity contribution in [1.82, 2.24) is 4.98 Å². The van der Waals surface area contributed by atoms with Gasteiger partial charge in [-0.2, -0.15) is 13.2 Å². The molecule has 0 saturated heterocycles. The third-order valence-electron chi connectivity index (χ3n) is 3.54. The van der Waals surface area contributed by atoms with E-state index >= 15 is 0 Å². The zero-order valence-corrected chi connectivity index (χ0v) is 11.1. The topological polar surface area (TPSA) is 42.1 Å². The Morgan fingerprint density at radius 1 is 1.14 bits per heavy atom. The molecule has 0 amide bonds. The number of aromatic nitrogens is 1. The Morgan fingerprint density at radius 2 is 1.86 bits per heavy atom. The van der Waals surface area contributed by atoms with Gasteiger partial charge in [0.15, 0.2) is 0 Å². The summed E-state index contributed by atoms with van der Waals surface area (Å²) < 4.78 is 37.9. The molecule has 0 aliphatic carbocycles. The van der Waals surface area contributed by atoms with E-state index < -0.39 is 11.7 Å². The Balaban J connectivity index is 1.97. The number of alkyl halides is 3. The van der Waals surface area contributed by atoms with Crippen LogP contribution in [0.15, 0.2) is 42.6 Å². The van der Waals surface area contributed by atoms with Gasteiger partial charge in [0.05, 0.1) is 16.9 Å². The lowest BCUT2D eigenvalue weighted by Crippen LogP contribution is -2.41. The van der Waals surface area contributed by atoms with Gasteiger partial charge in [-0.3, -0.25) is 4.98 Å². The number of hydrogen-bond donors (Lipinski definition) is 1. The van der Waals surface area contributed by atoms with Crippen LogP contribution in [-0.2, 0) is 12.6 Å². The number of halogens is 3. The Labute approximate surface area is 120 Å². The summed E-state index contributed by atoms with van der Waals surface area (Å²) in [5.41, 5.74) is 7.82. The molecule has 0 spiro atoms. The van der Waals surface area contributed by atoms with E-state index in [1.165, 1.54) is 12.1 Å². The molecule has 0 fully saturated rings. The predicted octanol–water partition coefficient (Wildman–Crippen LogP) is 3.12. The van der Waals surface area contributed by atoms with Gasteiger partial charge in [0.1, 0.15) is 0 Å². The molecule has 1 aromatic heterocycles. The van der Waals surface area contributed by atoms with Gasteiger partial charge < -0.3 is 10.6 Å². The monoisotopic (exact) mass is 293 g/mol. The highest BCUT2D eigenvalue weighted by molar-refractivity contribution is 5.67. The van der Waals surface area contributed by atoms with Crippen LogP contribution in [0.5, 0.6) is 0 Å². The van der Waals surface area contributed by atoms with Crippen LogP contribution in [0.2, 0.25) is 0 Å². The second kappa shape index (κ2) is 5.04. The first-order chi connectivity index (χ1) is 9.95. The first-order valence-corrected chi connectivity index (χ1v) is 6.59. The van der Waals surface area contributed by atoms with E-state index in [0.29, 0.717) is 18.7 Å². The van der Waals surface area contributed by atoms with Gasteiger partial charge in [-0.25, -0.2) is 0 Å². The molecule has 0 saturated carbocycles. The maximum atomic E-state index is 12.6. The minimum Gasteiger partial charge on any atom is -0.338 e. The molecule has 0 radical (unpaired) electrons. The lowest BCUT2D eigenvalue weighted by Gasteiger charge is -2.34. The van der Waals surface area contributed by atoms with Crippen LogP contribution in [0.4, 0.5) is 24.5 Å². The zero-order chi connectivity index (χ0) is 15.0. The smallest absolute Gasteiger partial charge is 0.338 e. The highest BCUT2D eigenvalue weighted by Gasteiger charge is 2.31. The van der Waals surface area contributed by atoms with E-state index in [2.05, 4.69) is 4.98 Å². The van der Waals surface area contributed by atoms with Gasteiger partial charge in [-0.05, 0) is 36.4 Å². The Bertz CT molecular complexity index is 637. The van der Waals surface area contributed by atoms with Crippen molar-refractivity contribution in [2.24, 2.45) is 5.73 Å². The van der Waals surface area contributed by atoms with E-state index in [4.69, 9.17) is 5.73 Å². The number of nitrogens with zero attached hydrogens (tertiary/aromatic N) is 2. The first-order valence-electron chi connectivity index (χ1n) is 6.59. The van der Waals surface area contributed by atoms with Crippen molar-refractivity contribution < 1.29 is 13.2 Å². The summed E-state index contributed by atoms with van der Waals surface area (Å²) in [4.78, 5) is 6.21. The largest absolute Gasteiger partial charge is 0.416 e. The van der Waals surface area contributed by atoms with Crippen molar-refractivity contribution >= 4 is 11.4 Å². The van der Waals surface area contributed by atoms with Crippen LogP contribution in [0.3, 0.4) is 0 Å². The number of anilines is 2. The van der Waals surface area contributed by atoms with Gasteiger partial charge in [-0.15, -0.1) is 0 Å². The van der Waals surface area contributed by atoms with Gasteiger partial charge >= 0.3 is 6.18 Å². The Morgan fingerprint density at radius 3 is 2.52 bits per heavy atom. The molecule has 2 heterocycles. The summed E-state index contributed by atoms with van der Waals surface area (Å²) in [6, 6.07) is 8.75. The SMILES string of the molecule is NC1Cc2ncccc2N(c2ccc(C(F)(F)F)cc2)C1. The van der Waals surface area contributed by atoms with Gasteiger partial charge in [0, 0.05) is 30.9 Å². The molecule has 2 N–H and O–H groups in total. The number of hydrogen-bond acceptors (Lipinski definition) is 3. The van der Waals surface area contributed by atoms with E-state index in [0.717, 1.165) is 23.5 Å². The zero-order valence-electron chi connectivity index (χ0n) is 11.1. The van der Waals surface area contributed by atoms with Crippen LogP contribution < -0.4 is 10.6 Å². The lowest BCUT2D eigenvalue weighted by atomic mass is 10.0. The molecular weight excluding hydrogens is 279 g/mol. The molecule has 1 unspecified atom stereocenters. The fraction of sp³-hybridized carbons (Fsp3) is 0.267. The van der Waals surface area contributed by atoms with Gasteiger partial charge in [-0.1, -0.05) is 0 Å². The van der Waals surface area contributed by atoms with Gasteiger partial charge in [0.2, 0.25) is 0 Å². The average molecular weight is 293 g/mol. The molecule has 21 heavy (non-hydrogen) atoms. The van der Waals surface area contributed by atoms with Crippen LogP contribution >= 0.6 is 0 Å². The van der Waals surface area contributed by atoms with Crippen molar-refractivity contribution in [2.45, 2.75) is 18.6 Å².